The molecule has 10 nitrogen and oxygen atoms in total. The third kappa shape index (κ3) is 8.04. The van der Waals surface area contributed by atoms with Gasteiger partial charge in [0, 0.05) is 25.2 Å². The van der Waals surface area contributed by atoms with Crippen LogP contribution >= 0.6 is 0 Å². The fourth-order valence-electron chi connectivity index (χ4n) is 3.69. The van der Waals surface area contributed by atoms with Crippen LogP contribution in [0.3, 0.4) is 0 Å². The molecule has 0 fully saturated rings. The molecule has 2 aromatic rings. The summed E-state index contributed by atoms with van der Waals surface area (Å²) < 4.78 is 26.1. The van der Waals surface area contributed by atoms with Gasteiger partial charge in [0.25, 0.3) is 5.69 Å². The van der Waals surface area contributed by atoms with Gasteiger partial charge in [-0.3, -0.25) is 24.0 Å². The zero-order chi connectivity index (χ0) is 26.9. The minimum atomic E-state index is -3.98. The second-order valence-corrected chi connectivity index (χ2v) is 10.5. The van der Waals surface area contributed by atoms with Crippen LogP contribution in [0.1, 0.15) is 44.2 Å². The molecule has 0 aliphatic rings. The van der Waals surface area contributed by atoms with Gasteiger partial charge in [0.1, 0.15) is 12.6 Å². The number of carbonyl (C=O) groups excluding carboxylic acids is 2. The van der Waals surface area contributed by atoms with E-state index in [1.54, 1.807) is 6.92 Å². The molecule has 0 bridgehead atoms. The van der Waals surface area contributed by atoms with Crippen molar-refractivity contribution in [1.29, 1.82) is 0 Å². The van der Waals surface area contributed by atoms with Crippen molar-refractivity contribution in [1.82, 2.24) is 10.2 Å². The van der Waals surface area contributed by atoms with Gasteiger partial charge in [-0.05, 0) is 31.4 Å². The third-order valence-corrected chi connectivity index (χ3v) is 6.84. The van der Waals surface area contributed by atoms with Crippen molar-refractivity contribution in [3.05, 3.63) is 69.8 Å². The van der Waals surface area contributed by atoms with Crippen molar-refractivity contribution in [2.45, 2.75) is 52.6 Å². The smallest absolute Gasteiger partial charge is 0.271 e. The van der Waals surface area contributed by atoms with Gasteiger partial charge < -0.3 is 10.2 Å². The van der Waals surface area contributed by atoms with Crippen LogP contribution in [0.5, 0.6) is 0 Å². The van der Waals surface area contributed by atoms with Crippen molar-refractivity contribution >= 4 is 33.2 Å². The number of aryl methyl sites for hydroxylation is 1. The lowest BCUT2D eigenvalue weighted by molar-refractivity contribution is -0.384. The topological polar surface area (TPSA) is 130 Å². The summed E-state index contributed by atoms with van der Waals surface area (Å²) in [6, 6.07) is 11.8. The monoisotopic (exact) mass is 518 g/mol. The maximum absolute atomic E-state index is 13.6. The van der Waals surface area contributed by atoms with Crippen LogP contribution in [-0.2, 0) is 26.2 Å². The molecule has 1 atom stereocenters. The number of carbonyl (C=O) groups is 2. The number of sulfonamides is 1. The van der Waals surface area contributed by atoms with Gasteiger partial charge in [-0.25, -0.2) is 8.42 Å². The highest BCUT2D eigenvalue weighted by molar-refractivity contribution is 7.92. The lowest BCUT2D eigenvalue weighted by Gasteiger charge is -2.32. The first-order chi connectivity index (χ1) is 17.0. The van der Waals surface area contributed by atoms with Gasteiger partial charge in [-0.2, -0.15) is 0 Å². The lowest BCUT2D eigenvalue weighted by Crippen LogP contribution is -2.52. The highest BCUT2D eigenvalue weighted by Crippen LogP contribution is 2.24. The summed E-state index contributed by atoms with van der Waals surface area (Å²) in [4.78, 5) is 38.6. The van der Waals surface area contributed by atoms with Crippen molar-refractivity contribution in [3.8, 4) is 0 Å². The Labute approximate surface area is 212 Å². The van der Waals surface area contributed by atoms with Gasteiger partial charge in [0.05, 0.1) is 16.9 Å². The minimum Gasteiger partial charge on any atom is -0.354 e. The van der Waals surface area contributed by atoms with E-state index in [9.17, 15) is 28.1 Å². The summed E-state index contributed by atoms with van der Waals surface area (Å²) in [5.41, 5.74) is 1.52. The molecule has 196 valence electrons. The van der Waals surface area contributed by atoms with E-state index >= 15 is 0 Å². The van der Waals surface area contributed by atoms with Crippen molar-refractivity contribution < 1.29 is 22.9 Å². The molecular formula is C25H34N4O6S. The predicted octanol–water partition coefficient (Wildman–Crippen LogP) is 3.39. The Morgan fingerprint density at radius 3 is 2.33 bits per heavy atom. The van der Waals surface area contributed by atoms with E-state index in [4.69, 9.17) is 0 Å². The van der Waals surface area contributed by atoms with E-state index in [0.717, 1.165) is 40.6 Å². The Morgan fingerprint density at radius 1 is 1.11 bits per heavy atom. The zero-order valence-electron chi connectivity index (χ0n) is 21.1. The van der Waals surface area contributed by atoms with E-state index in [1.807, 2.05) is 38.1 Å². The first-order valence-corrected chi connectivity index (χ1v) is 13.7. The van der Waals surface area contributed by atoms with Crippen LogP contribution in [0.4, 0.5) is 11.4 Å². The highest BCUT2D eigenvalue weighted by atomic mass is 32.2. The molecule has 36 heavy (non-hydrogen) atoms. The van der Waals surface area contributed by atoms with Crippen LogP contribution < -0.4 is 9.62 Å². The molecule has 0 heterocycles. The third-order valence-electron chi connectivity index (χ3n) is 5.70. The Balaban J connectivity index is 2.43. The van der Waals surface area contributed by atoms with Gasteiger partial charge in [0.15, 0.2) is 0 Å². The van der Waals surface area contributed by atoms with Crippen LogP contribution in [0.15, 0.2) is 48.5 Å². The number of benzene rings is 2. The first kappa shape index (κ1) is 28.8. The SMILES string of the molecule is CCCCNC(=O)[C@H](CC)N(Cc1ccc(C)cc1)C(=O)CN(c1cccc([N+](=O)[O-])c1)S(C)(=O)=O. The summed E-state index contributed by atoms with van der Waals surface area (Å²) in [5, 5.41) is 14.1. The Bertz CT molecular complexity index is 1170. The van der Waals surface area contributed by atoms with Crippen LogP contribution in [0, 0.1) is 17.0 Å². The lowest BCUT2D eigenvalue weighted by atomic mass is 10.1. The van der Waals surface area contributed by atoms with Gasteiger partial charge in [-0.1, -0.05) is 56.2 Å². The number of nitro groups is 1. The highest BCUT2D eigenvalue weighted by Gasteiger charge is 2.32. The molecule has 0 radical (unpaired) electrons. The summed E-state index contributed by atoms with van der Waals surface area (Å²) >= 11 is 0. The fraction of sp³-hybridized carbons (Fsp3) is 0.440. The minimum absolute atomic E-state index is 0.00391. The Hall–Kier alpha value is -3.47. The van der Waals surface area contributed by atoms with E-state index in [0.29, 0.717) is 13.0 Å². The normalized spacial score (nSPS) is 12.0. The summed E-state index contributed by atoms with van der Waals surface area (Å²) in [7, 11) is -3.98. The average Bonchev–Trinajstić information content (AvgIpc) is 2.83. The van der Waals surface area contributed by atoms with Gasteiger partial charge in [-0.15, -0.1) is 0 Å². The second kappa shape index (κ2) is 13.0. The number of nitrogens with one attached hydrogen (secondary N) is 1. The molecule has 0 saturated carbocycles. The molecule has 0 spiro atoms. The maximum atomic E-state index is 13.6. The Morgan fingerprint density at radius 2 is 1.78 bits per heavy atom. The van der Waals surface area contributed by atoms with Crippen molar-refractivity contribution in [3.63, 3.8) is 0 Å². The molecule has 11 heteroatoms. The number of non-ortho nitro benzene ring substituents is 1. The number of unbranched alkanes of at least 4 members (excludes halogenated alkanes) is 1. The first-order valence-electron chi connectivity index (χ1n) is 11.8. The number of nitrogens with zero attached hydrogens (tertiary/aromatic N) is 3. The number of nitro benzene ring substituents is 1. The van der Waals surface area contributed by atoms with E-state index < -0.39 is 33.4 Å². The molecule has 2 aromatic carbocycles. The van der Waals surface area contributed by atoms with Crippen molar-refractivity contribution in [2.24, 2.45) is 0 Å². The largest absolute Gasteiger partial charge is 0.354 e. The number of hydrogen-bond donors (Lipinski definition) is 1. The van der Waals surface area contributed by atoms with Crippen LogP contribution in [0.25, 0.3) is 0 Å². The van der Waals surface area contributed by atoms with E-state index in [-0.39, 0.29) is 23.8 Å². The molecule has 0 unspecified atom stereocenters. The van der Waals surface area contributed by atoms with Gasteiger partial charge in [0.2, 0.25) is 21.8 Å². The summed E-state index contributed by atoms with van der Waals surface area (Å²) in [6.45, 7) is 5.70. The quantitative estimate of drug-likeness (QED) is 0.246. The van der Waals surface area contributed by atoms with E-state index in [1.165, 1.54) is 23.1 Å². The molecule has 0 aliphatic carbocycles. The molecule has 1 N–H and O–H groups in total. The van der Waals surface area contributed by atoms with Crippen LogP contribution in [-0.4, -0.2) is 55.4 Å². The van der Waals surface area contributed by atoms with E-state index in [2.05, 4.69) is 5.32 Å². The number of anilines is 1. The Kier molecular flexibility index (Phi) is 10.4. The van der Waals surface area contributed by atoms with Gasteiger partial charge >= 0.3 is 0 Å². The maximum Gasteiger partial charge on any atom is 0.271 e. The number of amides is 2. The van der Waals surface area contributed by atoms with Crippen molar-refractivity contribution in [2.75, 3.05) is 23.7 Å². The number of hydrogen-bond acceptors (Lipinski definition) is 6. The predicted molar refractivity (Wildman–Crippen MR) is 139 cm³/mol. The zero-order valence-corrected chi connectivity index (χ0v) is 22.0. The summed E-state index contributed by atoms with van der Waals surface area (Å²) in [6.07, 6.45) is 2.95. The molecule has 0 aliphatic heterocycles. The standard InChI is InChI=1S/C25H34N4O6S/c1-5-7-15-26-25(31)23(6-2)27(17-20-13-11-19(3)12-14-20)24(30)18-28(36(4,34)35)21-9-8-10-22(16-21)29(32)33/h8-14,16,23H,5-7,15,17-18H2,1-4H3,(H,26,31)/t23-/m0/s1. The average molecular weight is 519 g/mol. The molecule has 2 rings (SSSR count). The molecule has 2 amide bonds. The number of rotatable bonds is 13. The van der Waals surface area contributed by atoms with Crippen LogP contribution in [0.2, 0.25) is 0 Å². The summed E-state index contributed by atoms with van der Waals surface area (Å²) in [5.74, 6) is -0.905. The fourth-order valence-corrected chi connectivity index (χ4v) is 4.53. The second-order valence-electron chi connectivity index (χ2n) is 8.62. The molecular weight excluding hydrogens is 484 g/mol. The molecule has 0 aromatic heterocycles. The molecule has 0 saturated heterocycles.